The Bertz CT molecular complexity index is 123. The van der Waals surface area contributed by atoms with Gasteiger partial charge < -0.3 is 10.2 Å². The van der Waals surface area contributed by atoms with Gasteiger partial charge in [-0.2, -0.15) is 0 Å². The van der Waals surface area contributed by atoms with E-state index < -0.39 is 0 Å². The van der Waals surface area contributed by atoms with Gasteiger partial charge in [0, 0.05) is 19.6 Å². The van der Waals surface area contributed by atoms with E-state index in [2.05, 4.69) is 45.0 Å². The molecule has 0 saturated heterocycles. The number of rotatable bonds is 8. The van der Waals surface area contributed by atoms with Crippen LogP contribution in [0.4, 0.5) is 0 Å². The minimum atomic E-state index is 0.759. The van der Waals surface area contributed by atoms with Gasteiger partial charge in [0.25, 0.3) is 0 Å². The fourth-order valence-electron chi connectivity index (χ4n) is 1.41. The maximum absolute atomic E-state index is 3.47. The van der Waals surface area contributed by atoms with Crippen LogP contribution in [0.2, 0.25) is 0 Å². The number of hydrogen-bond donors (Lipinski definition) is 1. The predicted octanol–water partition coefficient (Wildman–Crippen LogP) is 2.21. The Hall–Kier alpha value is -0.0800. The Morgan fingerprint density at radius 2 is 1.86 bits per heavy atom. The molecule has 0 bridgehead atoms. The third-order valence-electron chi connectivity index (χ3n) is 2.54. The van der Waals surface area contributed by atoms with Gasteiger partial charge in [-0.3, -0.25) is 0 Å². The molecule has 1 atom stereocenters. The maximum Gasteiger partial charge on any atom is 0.0104 e. The fourth-order valence-corrected chi connectivity index (χ4v) is 1.41. The van der Waals surface area contributed by atoms with Crippen molar-refractivity contribution in [2.45, 2.75) is 34.1 Å². The lowest BCUT2D eigenvalue weighted by molar-refractivity contribution is 0.280. The van der Waals surface area contributed by atoms with Gasteiger partial charge in [-0.05, 0) is 25.4 Å². The van der Waals surface area contributed by atoms with Crippen LogP contribution < -0.4 is 5.32 Å². The van der Waals surface area contributed by atoms with E-state index in [0.717, 1.165) is 31.5 Å². The molecule has 2 nitrogen and oxygen atoms in total. The molecule has 0 saturated carbocycles. The minimum absolute atomic E-state index is 0.759. The molecule has 0 aromatic heterocycles. The van der Waals surface area contributed by atoms with Crippen molar-refractivity contribution < 1.29 is 0 Å². The molecule has 0 aliphatic carbocycles. The number of nitrogens with one attached hydrogen (secondary N) is 1. The average molecular weight is 200 g/mol. The standard InChI is InChI=1S/C12H28N2/c1-6-12(4)10-14(5)8-7-13-9-11(2)3/h11-13H,6-10H2,1-5H3. The summed E-state index contributed by atoms with van der Waals surface area (Å²) in [5.74, 6) is 1.58. The second kappa shape index (κ2) is 8.25. The van der Waals surface area contributed by atoms with Crippen LogP contribution in [0, 0.1) is 11.8 Å². The van der Waals surface area contributed by atoms with Gasteiger partial charge in [0.15, 0.2) is 0 Å². The maximum atomic E-state index is 3.47. The zero-order chi connectivity index (χ0) is 11.0. The first kappa shape index (κ1) is 13.9. The summed E-state index contributed by atoms with van der Waals surface area (Å²) in [6.07, 6.45) is 1.28. The van der Waals surface area contributed by atoms with Crippen LogP contribution in [-0.4, -0.2) is 38.1 Å². The molecule has 1 unspecified atom stereocenters. The van der Waals surface area contributed by atoms with E-state index in [1.165, 1.54) is 13.0 Å². The van der Waals surface area contributed by atoms with Crippen molar-refractivity contribution in [1.82, 2.24) is 10.2 Å². The third-order valence-corrected chi connectivity index (χ3v) is 2.54. The first-order valence-corrected chi connectivity index (χ1v) is 5.95. The molecule has 0 spiro atoms. The Morgan fingerprint density at radius 3 is 2.36 bits per heavy atom. The van der Waals surface area contributed by atoms with Gasteiger partial charge in [0.05, 0.1) is 0 Å². The molecule has 0 aromatic carbocycles. The quantitative estimate of drug-likeness (QED) is 0.604. The largest absolute Gasteiger partial charge is 0.315 e. The Kier molecular flexibility index (Phi) is 8.20. The van der Waals surface area contributed by atoms with Crippen LogP contribution in [0.1, 0.15) is 34.1 Å². The van der Waals surface area contributed by atoms with Gasteiger partial charge >= 0.3 is 0 Å². The van der Waals surface area contributed by atoms with Crippen LogP contribution in [0.5, 0.6) is 0 Å². The smallest absolute Gasteiger partial charge is 0.0104 e. The molecule has 0 fully saturated rings. The molecule has 86 valence electrons. The van der Waals surface area contributed by atoms with Crippen molar-refractivity contribution in [2.24, 2.45) is 11.8 Å². The fraction of sp³-hybridized carbons (Fsp3) is 1.00. The monoisotopic (exact) mass is 200 g/mol. The third kappa shape index (κ3) is 8.52. The number of nitrogens with zero attached hydrogens (tertiary/aromatic N) is 1. The molecule has 0 heterocycles. The summed E-state index contributed by atoms with van der Waals surface area (Å²) in [6, 6.07) is 0. The molecule has 0 aromatic rings. The lowest BCUT2D eigenvalue weighted by Gasteiger charge is -2.20. The molecule has 0 radical (unpaired) electrons. The van der Waals surface area contributed by atoms with Crippen molar-refractivity contribution >= 4 is 0 Å². The van der Waals surface area contributed by atoms with Crippen molar-refractivity contribution in [3.05, 3.63) is 0 Å². The average Bonchev–Trinajstić information content (AvgIpc) is 2.12. The molecule has 0 rings (SSSR count). The molecular formula is C12H28N2. The van der Waals surface area contributed by atoms with Crippen LogP contribution in [-0.2, 0) is 0 Å². The minimum Gasteiger partial charge on any atom is -0.315 e. The van der Waals surface area contributed by atoms with E-state index in [9.17, 15) is 0 Å². The van der Waals surface area contributed by atoms with Crippen molar-refractivity contribution in [3.63, 3.8) is 0 Å². The van der Waals surface area contributed by atoms with Crippen LogP contribution in [0.3, 0.4) is 0 Å². The summed E-state index contributed by atoms with van der Waals surface area (Å²) in [5, 5.41) is 3.47. The number of likely N-dealkylation sites (N-methyl/N-ethyl adjacent to an activating group) is 1. The molecule has 2 heteroatoms. The van der Waals surface area contributed by atoms with Crippen molar-refractivity contribution in [1.29, 1.82) is 0 Å². The summed E-state index contributed by atoms with van der Waals surface area (Å²) in [7, 11) is 2.21. The van der Waals surface area contributed by atoms with E-state index in [-0.39, 0.29) is 0 Å². The first-order chi connectivity index (χ1) is 6.56. The SMILES string of the molecule is CCC(C)CN(C)CCNCC(C)C. The topological polar surface area (TPSA) is 15.3 Å². The summed E-state index contributed by atoms with van der Waals surface area (Å²) >= 11 is 0. The highest BCUT2D eigenvalue weighted by molar-refractivity contribution is 4.59. The normalized spacial score (nSPS) is 13.9. The van der Waals surface area contributed by atoms with E-state index >= 15 is 0 Å². The van der Waals surface area contributed by atoms with Crippen molar-refractivity contribution in [3.8, 4) is 0 Å². The highest BCUT2D eigenvalue weighted by Gasteiger charge is 2.03. The molecule has 1 N–H and O–H groups in total. The zero-order valence-electron chi connectivity index (χ0n) is 10.6. The molecule has 0 aliphatic rings. The van der Waals surface area contributed by atoms with E-state index in [0.29, 0.717) is 0 Å². The zero-order valence-corrected chi connectivity index (χ0v) is 10.6. The summed E-state index contributed by atoms with van der Waals surface area (Å²) < 4.78 is 0. The molecule has 0 amide bonds. The van der Waals surface area contributed by atoms with E-state index in [1.54, 1.807) is 0 Å². The summed E-state index contributed by atoms with van der Waals surface area (Å²) in [4.78, 5) is 2.42. The Labute approximate surface area is 90.1 Å². The predicted molar refractivity (Wildman–Crippen MR) is 64.7 cm³/mol. The van der Waals surface area contributed by atoms with E-state index in [1.807, 2.05) is 0 Å². The lowest BCUT2D eigenvalue weighted by Crippen LogP contribution is -2.33. The van der Waals surface area contributed by atoms with Gasteiger partial charge in [-0.25, -0.2) is 0 Å². The van der Waals surface area contributed by atoms with Crippen LogP contribution in [0.25, 0.3) is 0 Å². The lowest BCUT2D eigenvalue weighted by atomic mass is 10.1. The van der Waals surface area contributed by atoms with Gasteiger partial charge in [-0.15, -0.1) is 0 Å². The second-order valence-corrected chi connectivity index (χ2v) is 4.87. The van der Waals surface area contributed by atoms with Gasteiger partial charge in [0.2, 0.25) is 0 Å². The van der Waals surface area contributed by atoms with Crippen molar-refractivity contribution in [2.75, 3.05) is 33.2 Å². The molecule has 14 heavy (non-hydrogen) atoms. The van der Waals surface area contributed by atoms with Gasteiger partial charge in [0.1, 0.15) is 0 Å². The van der Waals surface area contributed by atoms with Crippen LogP contribution in [0.15, 0.2) is 0 Å². The van der Waals surface area contributed by atoms with E-state index in [4.69, 9.17) is 0 Å². The highest BCUT2D eigenvalue weighted by atomic mass is 15.1. The Balaban J connectivity index is 3.30. The summed E-state index contributed by atoms with van der Waals surface area (Å²) in [5.41, 5.74) is 0. The van der Waals surface area contributed by atoms with Crippen LogP contribution >= 0.6 is 0 Å². The first-order valence-electron chi connectivity index (χ1n) is 5.95. The second-order valence-electron chi connectivity index (χ2n) is 4.87. The molecular weight excluding hydrogens is 172 g/mol. The summed E-state index contributed by atoms with van der Waals surface area (Å²) in [6.45, 7) is 13.7. The number of hydrogen-bond acceptors (Lipinski definition) is 2. The highest BCUT2D eigenvalue weighted by Crippen LogP contribution is 2.01. The Morgan fingerprint density at radius 1 is 1.21 bits per heavy atom. The van der Waals surface area contributed by atoms with Gasteiger partial charge in [-0.1, -0.05) is 34.1 Å². The molecule has 0 aliphatic heterocycles.